The van der Waals surface area contributed by atoms with Crippen molar-refractivity contribution >= 4 is 11.5 Å². The number of aromatic nitrogens is 2. The van der Waals surface area contributed by atoms with Gasteiger partial charge in [0.1, 0.15) is 0 Å². The first-order valence-electron chi connectivity index (χ1n) is 4.49. The SMILES string of the molecule is CCn1cc(C(C)=C(C)C(=O)O)cn1. The lowest BCUT2D eigenvalue weighted by Crippen LogP contribution is -1.98. The third-order valence-corrected chi connectivity index (χ3v) is 2.27. The Morgan fingerprint density at radius 1 is 1.57 bits per heavy atom. The van der Waals surface area contributed by atoms with Crippen LogP contribution in [-0.4, -0.2) is 20.9 Å². The molecule has 1 N–H and O–H groups in total. The second-order valence-electron chi connectivity index (χ2n) is 3.14. The van der Waals surface area contributed by atoms with E-state index >= 15 is 0 Å². The standard InChI is InChI=1S/C10H14N2O2/c1-4-12-6-9(5-11-12)7(2)8(3)10(13)14/h5-6H,4H2,1-3H3,(H,13,14). The van der Waals surface area contributed by atoms with Crippen LogP contribution < -0.4 is 0 Å². The minimum absolute atomic E-state index is 0.362. The van der Waals surface area contributed by atoms with Gasteiger partial charge in [0.05, 0.1) is 6.20 Å². The maximum Gasteiger partial charge on any atom is 0.331 e. The van der Waals surface area contributed by atoms with Crippen molar-refractivity contribution in [3.05, 3.63) is 23.5 Å². The van der Waals surface area contributed by atoms with Gasteiger partial charge in [0.15, 0.2) is 0 Å². The van der Waals surface area contributed by atoms with Gasteiger partial charge in [-0.1, -0.05) is 0 Å². The molecule has 0 amide bonds. The monoisotopic (exact) mass is 194 g/mol. The second kappa shape index (κ2) is 4.09. The van der Waals surface area contributed by atoms with Gasteiger partial charge in [-0.05, 0) is 26.3 Å². The van der Waals surface area contributed by atoms with Crippen molar-refractivity contribution in [1.29, 1.82) is 0 Å². The largest absolute Gasteiger partial charge is 0.478 e. The van der Waals surface area contributed by atoms with Crippen LogP contribution in [0.1, 0.15) is 26.3 Å². The highest BCUT2D eigenvalue weighted by molar-refractivity contribution is 5.95. The quantitative estimate of drug-likeness (QED) is 0.746. The Labute approximate surface area is 82.9 Å². The lowest BCUT2D eigenvalue weighted by molar-refractivity contribution is -0.132. The van der Waals surface area contributed by atoms with Crippen LogP contribution in [0.2, 0.25) is 0 Å². The molecule has 1 aromatic rings. The van der Waals surface area contributed by atoms with Crippen LogP contribution >= 0.6 is 0 Å². The molecule has 0 saturated carbocycles. The number of hydrogen-bond donors (Lipinski definition) is 1. The Morgan fingerprint density at radius 2 is 2.21 bits per heavy atom. The first-order chi connectivity index (χ1) is 6.56. The molecule has 0 bridgehead atoms. The lowest BCUT2D eigenvalue weighted by Gasteiger charge is -1.99. The molecule has 0 aliphatic carbocycles. The molecule has 1 rings (SSSR count). The molecular formula is C10H14N2O2. The van der Waals surface area contributed by atoms with Gasteiger partial charge in [0, 0.05) is 23.9 Å². The van der Waals surface area contributed by atoms with E-state index in [0.29, 0.717) is 5.57 Å². The topological polar surface area (TPSA) is 55.1 Å². The minimum atomic E-state index is -0.883. The summed E-state index contributed by atoms with van der Waals surface area (Å²) in [7, 11) is 0. The van der Waals surface area contributed by atoms with Gasteiger partial charge in [0.25, 0.3) is 0 Å². The van der Waals surface area contributed by atoms with Crippen LogP contribution in [-0.2, 0) is 11.3 Å². The predicted octanol–water partition coefficient (Wildman–Crippen LogP) is 1.78. The number of aliphatic carboxylic acids is 1. The Bertz CT molecular complexity index is 377. The number of allylic oxidation sites excluding steroid dienone is 1. The zero-order valence-corrected chi connectivity index (χ0v) is 8.61. The number of carboxylic acids is 1. The number of aryl methyl sites for hydroxylation is 1. The number of carboxylic acid groups (broad SMARTS) is 1. The summed E-state index contributed by atoms with van der Waals surface area (Å²) in [5.41, 5.74) is 1.99. The number of hydrogen-bond acceptors (Lipinski definition) is 2. The van der Waals surface area contributed by atoms with E-state index in [0.717, 1.165) is 17.7 Å². The molecule has 0 aliphatic rings. The van der Waals surface area contributed by atoms with Crippen molar-refractivity contribution < 1.29 is 9.90 Å². The Kier molecular flexibility index (Phi) is 3.06. The van der Waals surface area contributed by atoms with E-state index in [-0.39, 0.29) is 0 Å². The fourth-order valence-corrected chi connectivity index (χ4v) is 1.11. The van der Waals surface area contributed by atoms with E-state index in [2.05, 4.69) is 5.10 Å². The zero-order valence-electron chi connectivity index (χ0n) is 8.61. The van der Waals surface area contributed by atoms with Crippen molar-refractivity contribution in [3.8, 4) is 0 Å². The summed E-state index contributed by atoms with van der Waals surface area (Å²) in [5, 5.41) is 12.9. The molecule has 0 spiro atoms. The van der Waals surface area contributed by atoms with Crippen molar-refractivity contribution in [1.82, 2.24) is 9.78 Å². The highest BCUT2D eigenvalue weighted by Crippen LogP contribution is 2.17. The summed E-state index contributed by atoms with van der Waals surface area (Å²) in [5.74, 6) is -0.883. The minimum Gasteiger partial charge on any atom is -0.478 e. The van der Waals surface area contributed by atoms with Crippen molar-refractivity contribution in [2.45, 2.75) is 27.3 Å². The van der Waals surface area contributed by atoms with E-state index in [4.69, 9.17) is 5.11 Å². The normalized spacial score (nSPS) is 12.5. The van der Waals surface area contributed by atoms with Crippen LogP contribution in [0.15, 0.2) is 18.0 Å². The number of carbonyl (C=O) groups is 1. The lowest BCUT2D eigenvalue weighted by atomic mass is 10.1. The molecule has 1 aromatic heterocycles. The molecule has 0 saturated heterocycles. The summed E-state index contributed by atoms with van der Waals surface area (Å²) in [6, 6.07) is 0. The van der Waals surface area contributed by atoms with Crippen LogP contribution in [0.25, 0.3) is 5.57 Å². The van der Waals surface area contributed by atoms with Crippen LogP contribution in [0.4, 0.5) is 0 Å². The average Bonchev–Trinajstić information content (AvgIpc) is 2.63. The molecule has 0 fully saturated rings. The molecule has 0 radical (unpaired) electrons. The molecule has 76 valence electrons. The third kappa shape index (κ3) is 2.02. The highest BCUT2D eigenvalue weighted by atomic mass is 16.4. The highest BCUT2D eigenvalue weighted by Gasteiger charge is 2.08. The van der Waals surface area contributed by atoms with Gasteiger partial charge in [0.2, 0.25) is 0 Å². The zero-order chi connectivity index (χ0) is 10.7. The first kappa shape index (κ1) is 10.5. The van der Waals surface area contributed by atoms with Gasteiger partial charge in [-0.15, -0.1) is 0 Å². The van der Waals surface area contributed by atoms with E-state index in [9.17, 15) is 4.79 Å². The summed E-state index contributed by atoms with van der Waals surface area (Å²) < 4.78 is 1.77. The van der Waals surface area contributed by atoms with Gasteiger partial charge in [-0.25, -0.2) is 4.79 Å². The number of rotatable bonds is 3. The van der Waals surface area contributed by atoms with E-state index < -0.39 is 5.97 Å². The molecule has 0 aliphatic heterocycles. The van der Waals surface area contributed by atoms with Gasteiger partial charge < -0.3 is 5.11 Å². The third-order valence-electron chi connectivity index (χ3n) is 2.27. The van der Waals surface area contributed by atoms with Gasteiger partial charge in [-0.3, -0.25) is 4.68 Å². The summed E-state index contributed by atoms with van der Waals surface area (Å²) in [6.07, 6.45) is 3.53. The molecule has 0 atom stereocenters. The smallest absolute Gasteiger partial charge is 0.331 e. The van der Waals surface area contributed by atoms with E-state index in [1.807, 2.05) is 13.1 Å². The first-order valence-corrected chi connectivity index (χ1v) is 4.49. The van der Waals surface area contributed by atoms with Crippen molar-refractivity contribution in [2.24, 2.45) is 0 Å². The van der Waals surface area contributed by atoms with Crippen molar-refractivity contribution in [2.75, 3.05) is 0 Å². The van der Waals surface area contributed by atoms with Crippen LogP contribution in [0, 0.1) is 0 Å². The molecule has 4 heteroatoms. The number of nitrogens with zero attached hydrogens (tertiary/aromatic N) is 2. The summed E-state index contributed by atoms with van der Waals surface area (Å²) in [6.45, 7) is 6.17. The maximum absolute atomic E-state index is 10.7. The van der Waals surface area contributed by atoms with Crippen molar-refractivity contribution in [3.63, 3.8) is 0 Å². The molecule has 14 heavy (non-hydrogen) atoms. The maximum atomic E-state index is 10.7. The predicted molar refractivity (Wildman–Crippen MR) is 53.8 cm³/mol. The Hall–Kier alpha value is -1.58. The molecule has 0 unspecified atom stereocenters. The van der Waals surface area contributed by atoms with Gasteiger partial charge in [-0.2, -0.15) is 5.10 Å². The van der Waals surface area contributed by atoms with Crippen LogP contribution in [0.5, 0.6) is 0 Å². The second-order valence-corrected chi connectivity index (χ2v) is 3.14. The molecule has 1 heterocycles. The van der Waals surface area contributed by atoms with Crippen LogP contribution in [0.3, 0.4) is 0 Å². The molecule has 0 aromatic carbocycles. The fraction of sp³-hybridized carbons (Fsp3) is 0.400. The Morgan fingerprint density at radius 3 is 2.64 bits per heavy atom. The van der Waals surface area contributed by atoms with Gasteiger partial charge >= 0.3 is 5.97 Å². The molecular weight excluding hydrogens is 180 g/mol. The molecule has 4 nitrogen and oxygen atoms in total. The summed E-state index contributed by atoms with van der Waals surface area (Å²) >= 11 is 0. The fourth-order valence-electron chi connectivity index (χ4n) is 1.11. The van der Waals surface area contributed by atoms with E-state index in [1.165, 1.54) is 0 Å². The summed E-state index contributed by atoms with van der Waals surface area (Å²) in [4.78, 5) is 10.7. The average molecular weight is 194 g/mol. The Balaban J connectivity index is 3.05. The van der Waals surface area contributed by atoms with E-state index in [1.54, 1.807) is 24.7 Å².